The van der Waals surface area contributed by atoms with Gasteiger partial charge in [0, 0.05) is 5.56 Å². The van der Waals surface area contributed by atoms with Crippen LogP contribution in [0.25, 0.3) is 11.5 Å². The largest absolute Gasteiger partial charge is 0.475 e. The molecule has 0 unspecified atom stereocenters. The lowest BCUT2D eigenvalue weighted by molar-refractivity contribution is 0.0661. The number of hydrogen-bond donors (Lipinski definition) is 1. The van der Waals surface area contributed by atoms with Gasteiger partial charge in [-0.25, -0.2) is 9.78 Å². The topological polar surface area (TPSA) is 81.8 Å². The number of oxazole rings is 1. The Labute approximate surface area is 121 Å². The molecule has 0 radical (unpaired) electrons. The third-order valence-electron chi connectivity index (χ3n) is 3.11. The number of fused-ring (bicyclic) bond motifs is 1. The van der Waals surface area contributed by atoms with Crippen LogP contribution in [0.3, 0.4) is 0 Å². The van der Waals surface area contributed by atoms with Crippen LogP contribution in [0.15, 0.2) is 22.6 Å². The molecule has 21 heavy (non-hydrogen) atoms. The SMILES string of the molecule is CC(C)Cc1nc(-c2ccc3c(c2)OCO3)oc1C(=O)O. The lowest BCUT2D eigenvalue weighted by Crippen LogP contribution is -2.03. The molecule has 0 amide bonds. The first-order valence-electron chi connectivity index (χ1n) is 6.67. The number of ether oxygens (including phenoxy) is 2. The number of hydrogen-bond acceptors (Lipinski definition) is 5. The Balaban J connectivity index is 2.00. The number of aromatic nitrogens is 1. The van der Waals surface area contributed by atoms with Gasteiger partial charge >= 0.3 is 5.97 Å². The summed E-state index contributed by atoms with van der Waals surface area (Å²) in [6.45, 7) is 4.18. The normalized spacial score (nSPS) is 12.9. The Morgan fingerprint density at radius 2 is 2.10 bits per heavy atom. The van der Waals surface area contributed by atoms with Crippen molar-refractivity contribution in [1.29, 1.82) is 0 Å². The fraction of sp³-hybridized carbons (Fsp3) is 0.333. The van der Waals surface area contributed by atoms with Crippen molar-refractivity contribution < 1.29 is 23.8 Å². The first-order chi connectivity index (χ1) is 10.0. The second-order valence-corrected chi connectivity index (χ2v) is 5.27. The molecule has 0 atom stereocenters. The van der Waals surface area contributed by atoms with Crippen LogP contribution in [-0.4, -0.2) is 22.9 Å². The average Bonchev–Trinajstić information content (AvgIpc) is 3.03. The van der Waals surface area contributed by atoms with E-state index in [4.69, 9.17) is 13.9 Å². The summed E-state index contributed by atoms with van der Waals surface area (Å²) in [5.74, 6) is 0.625. The van der Waals surface area contributed by atoms with Gasteiger partial charge in [0.2, 0.25) is 18.4 Å². The molecule has 0 saturated heterocycles. The third-order valence-corrected chi connectivity index (χ3v) is 3.11. The molecule has 1 aromatic carbocycles. The molecule has 0 saturated carbocycles. The summed E-state index contributed by atoms with van der Waals surface area (Å²) < 4.78 is 16.0. The minimum Gasteiger partial charge on any atom is -0.475 e. The summed E-state index contributed by atoms with van der Waals surface area (Å²) >= 11 is 0. The summed E-state index contributed by atoms with van der Waals surface area (Å²) in [7, 11) is 0. The lowest BCUT2D eigenvalue weighted by Gasteiger charge is -2.00. The van der Waals surface area contributed by atoms with Crippen molar-refractivity contribution in [2.75, 3.05) is 6.79 Å². The number of carbonyl (C=O) groups is 1. The van der Waals surface area contributed by atoms with Crippen LogP contribution in [0.4, 0.5) is 0 Å². The molecule has 1 aliphatic heterocycles. The van der Waals surface area contributed by atoms with E-state index < -0.39 is 5.97 Å². The molecular weight excluding hydrogens is 274 g/mol. The van der Waals surface area contributed by atoms with E-state index in [9.17, 15) is 9.90 Å². The van der Waals surface area contributed by atoms with E-state index >= 15 is 0 Å². The van der Waals surface area contributed by atoms with Crippen LogP contribution >= 0.6 is 0 Å². The third kappa shape index (κ3) is 2.56. The molecule has 0 bridgehead atoms. The number of nitrogens with zero attached hydrogens (tertiary/aromatic N) is 1. The van der Waals surface area contributed by atoms with Gasteiger partial charge in [0.1, 0.15) is 0 Å². The van der Waals surface area contributed by atoms with E-state index in [0.717, 1.165) is 0 Å². The van der Waals surface area contributed by atoms with Gasteiger partial charge in [-0.3, -0.25) is 0 Å². The number of rotatable bonds is 4. The molecule has 1 aliphatic rings. The van der Waals surface area contributed by atoms with E-state index in [1.54, 1.807) is 18.2 Å². The number of carboxylic acid groups (broad SMARTS) is 1. The Morgan fingerprint density at radius 1 is 1.33 bits per heavy atom. The second kappa shape index (κ2) is 5.12. The number of carboxylic acids is 1. The predicted octanol–water partition coefficient (Wildman–Crippen LogP) is 2.97. The molecule has 110 valence electrons. The molecule has 6 nitrogen and oxygen atoms in total. The van der Waals surface area contributed by atoms with Crippen molar-refractivity contribution in [2.24, 2.45) is 5.92 Å². The molecule has 2 heterocycles. The highest BCUT2D eigenvalue weighted by molar-refractivity contribution is 5.86. The maximum atomic E-state index is 11.3. The summed E-state index contributed by atoms with van der Waals surface area (Å²) in [6.07, 6.45) is 0.551. The highest BCUT2D eigenvalue weighted by atomic mass is 16.7. The standard InChI is InChI=1S/C15H15NO5/c1-8(2)5-10-13(15(17)18)21-14(16-10)9-3-4-11-12(6-9)20-7-19-11/h3-4,6,8H,5,7H2,1-2H3,(H,17,18). The quantitative estimate of drug-likeness (QED) is 0.931. The minimum atomic E-state index is -1.11. The first-order valence-corrected chi connectivity index (χ1v) is 6.67. The Morgan fingerprint density at radius 3 is 2.81 bits per heavy atom. The van der Waals surface area contributed by atoms with Crippen molar-refractivity contribution in [2.45, 2.75) is 20.3 Å². The average molecular weight is 289 g/mol. The van der Waals surface area contributed by atoms with Crippen LogP contribution in [0, 0.1) is 5.92 Å². The van der Waals surface area contributed by atoms with Crippen molar-refractivity contribution in [1.82, 2.24) is 4.98 Å². The molecule has 0 spiro atoms. The molecular formula is C15H15NO5. The Kier molecular flexibility index (Phi) is 3.29. The van der Waals surface area contributed by atoms with Gasteiger partial charge in [-0.2, -0.15) is 0 Å². The van der Waals surface area contributed by atoms with Gasteiger partial charge in [0.25, 0.3) is 0 Å². The van der Waals surface area contributed by atoms with Crippen molar-refractivity contribution in [3.63, 3.8) is 0 Å². The van der Waals surface area contributed by atoms with E-state index in [1.165, 1.54) is 0 Å². The fourth-order valence-electron chi connectivity index (χ4n) is 2.20. The smallest absolute Gasteiger partial charge is 0.373 e. The maximum absolute atomic E-state index is 11.3. The zero-order valence-electron chi connectivity index (χ0n) is 11.8. The number of benzene rings is 1. The fourth-order valence-corrected chi connectivity index (χ4v) is 2.20. The van der Waals surface area contributed by atoms with Gasteiger partial charge in [0.05, 0.1) is 5.69 Å². The van der Waals surface area contributed by atoms with Crippen molar-refractivity contribution >= 4 is 5.97 Å². The predicted molar refractivity (Wildman–Crippen MR) is 73.6 cm³/mol. The minimum absolute atomic E-state index is 0.101. The van der Waals surface area contributed by atoms with E-state index in [1.807, 2.05) is 13.8 Å². The van der Waals surface area contributed by atoms with Gasteiger partial charge < -0.3 is 19.0 Å². The molecule has 1 N–H and O–H groups in total. The maximum Gasteiger partial charge on any atom is 0.373 e. The van der Waals surface area contributed by atoms with Crippen molar-refractivity contribution in [3.8, 4) is 23.0 Å². The van der Waals surface area contributed by atoms with Gasteiger partial charge in [0.15, 0.2) is 11.5 Å². The molecule has 2 aromatic rings. The summed E-state index contributed by atoms with van der Waals surface area (Å²) in [5.41, 5.74) is 1.13. The zero-order valence-corrected chi connectivity index (χ0v) is 11.8. The zero-order chi connectivity index (χ0) is 15.0. The van der Waals surface area contributed by atoms with Crippen molar-refractivity contribution in [3.05, 3.63) is 29.7 Å². The van der Waals surface area contributed by atoms with Gasteiger partial charge in [-0.05, 0) is 30.5 Å². The van der Waals surface area contributed by atoms with Gasteiger partial charge in [-0.15, -0.1) is 0 Å². The van der Waals surface area contributed by atoms with E-state index in [0.29, 0.717) is 29.2 Å². The van der Waals surface area contributed by atoms with Crippen LogP contribution in [-0.2, 0) is 6.42 Å². The molecule has 6 heteroatoms. The molecule has 0 aliphatic carbocycles. The van der Waals surface area contributed by atoms with E-state index in [2.05, 4.69) is 4.98 Å². The number of aromatic carboxylic acids is 1. The highest BCUT2D eigenvalue weighted by Gasteiger charge is 2.22. The summed E-state index contributed by atoms with van der Waals surface area (Å²) in [5, 5.41) is 9.22. The molecule has 1 aromatic heterocycles. The second-order valence-electron chi connectivity index (χ2n) is 5.27. The van der Waals surface area contributed by atoms with Crippen LogP contribution in [0.5, 0.6) is 11.5 Å². The molecule has 0 fully saturated rings. The van der Waals surface area contributed by atoms with Crippen LogP contribution in [0.2, 0.25) is 0 Å². The van der Waals surface area contributed by atoms with Crippen LogP contribution in [0.1, 0.15) is 30.1 Å². The highest BCUT2D eigenvalue weighted by Crippen LogP contribution is 2.36. The van der Waals surface area contributed by atoms with Crippen LogP contribution < -0.4 is 9.47 Å². The molecule has 3 rings (SSSR count). The monoisotopic (exact) mass is 289 g/mol. The van der Waals surface area contributed by atoms with Gasteiger partial charge in [-0.1, -0.05) is 13.8 Å². The van der Waals surface area contributed by atoms with E-state index in [-0.39, 0.29) is 24.4 Å². The summed E-state index contributed by atoms with van der Waals surface area (Å²) in [4.78, 5) is 15.6. The lowest BCUT2D eigenvalue weighted by atomic mass is 10.1. The summed E-state index contributed by atoms with van der Waals surface area (Å²) in [6, 6.07) is 5.26. The Bertz CT molecular complexity index is 689. The Hall–Kier alpha value is -2.50. The first kappa shape index (κ1) is 13.5.